The molecular formula is C21H25NO4. The van der Waals surface area contributed by atoms with Gasteiger partial charge in [0, 0.05) is 5.39 Å². The van der Waals surface area contributed by atoms with E-state index in [1.165, 1.54) is 7.11 Å². The van der Waals surface area contributed by atoms with Gasteiger partial charge in [0.05, 0.1) is 12.7 Å². The molecule has 5 heteroatoms. The van der Waals surface area contributed by atoms with Gasteiger partial charge in [-0.25, -0.2) is 4.79 Å². The summed E-state index contributed by atoms with van der Waals surface area (Å²) in [5.41, 5.74) is -0.176. The quantitative estimate of drug-likeness (QED) is 0.818. The van der Waals surface area contributed by atoms with Crippen LogP contribution >= 0.6 is 0 Å². The van der Waals surface area contributed by atoms with Crippen molar-refractivity contribution in [2.24, 2.45) is 5.41 Å². The average molecular weight is 355 g/mol. The molecule has 0 saturated heterocycles. The molecule has 26 heavy (non-hydrogen) atoms. The largest absolute Gasteiger partial charge is 0.506 e. The molecular weight excluding hydrogens is 330 g/mol. The maximum atomic E-state index is 12.8. The molecule has 1 atom stereocenters. The van der Waals surface area contributed by atoms with Gasteiger partial charge >= 0.3 is 5.97 Å². The van der Waals surface area contributed by atoms with E-state index in [1.807, 2.05) is 25.1 Å². The maximum absolute atomic E-state index is 12.8. The third-order valence-corrected chi connectivity index (χ3v) is 5.55. The predicted molar refractivity (Wildman–Crippen MR) is 100 cm³/mol. The number of hydrogen-bond donors (Lipinski definition) is 2. The number of esters is 1. The second-order valence-corrected chi connectivity index (χ2v) is 7.33. The highest BCUT2D eigenvalue weighted by atomic mass is 16.5. The molecule has 1 fully saturated rings. The second-order valence-electron chi connectivity index (χ2n) is 7.33. The van der Waals surface area contributed by atoms with Crippen molar-refractivity contribution in [1.29, 1.82) is 0 Å². The van der Waals surface area contributed by atoms with Crippen LogP contribution in [0.3, 0.4) is 0 Å². The maximum Gasteiger partial charge on any atom is 0.328 e. The fraction of sp³-hybridized carbons (Fsp3) is 0.429. The molecule has 0 spiro atoms. The van der Waals surface area contributed by atoms with Gasteiger partial charge in [-0.1, -0.05) is 56.5 Å². The van der Waals surface area contributed by atoms with Crippen LogP contribution in [0, 0.1) is 5.41 Å². The summed E-state index contributed by atoms with van der Waals surface area (Å²) in [7, 11) is 1.33. The van der Waals surface area contributed by atoms with Gasteiger partial charge < -0.3 is 15.2 Å². The Bertz CT molecular complexity index is 824. The van der Waals surface area contributed by atoms with Crippen molar-refractivity contribution in [2.75, 3.05) is 7.11 Å². The molecule has 0 heterocycles. The monoisotopic (exact) mass is 355 g/mol. The van der Waals surface area contributed by atoms with E-state index in [4.69, 9.17) is 4.74 Å². The number of aromatic hydroxyl groups is 1. The fourth-order valence-corrected chi connectivity index (χ4v) is 3.93. The van der Waals surface area contributed by atoms with Crippen LogP contribution in [0.15, 0.2) is 36.4 Å². The molecule has 2 N–H and O–H groups in total. The normalized spacial score (nSPS) is 17.5. The highest BCUT2D eigenvalue weighted by Crippen LogP contribution is 2.39. The molecule has 1 aliphatic carbocycles. The molecule has 0 aliphatic heterocycles. The third-order valence-electron chi connectivity index (χ3n) is 5.55. The molecule has 3 rings (SSSR count). The first kappa shape index (κ1) is 18.2. The number of nitrogens with one attached hydrogen (secondary N) is 1. The molecule has 0 aromatic heterocycles. The zero-order valence-corrected chi connectivity index (χ0v) is 15.2. The van der Waals surface area contributed by atoms with E-state index in [1.54, 1.807) is 18.2 Å². The van der Waals surface area contributed by atoms with E-state index >= 15 is 0 Å². The zero-order chi connectivity index (χ0) is 18.7. The van der Waals surface area contributed by atoms with Gasteiger partial charge in [0.1, 0.15) is 11.8 Å². The second kappa shape index (κ2) is 7.36. The van der Waals surface area contributed by atoms with Crippen molar-refractivity contribution in [3.05, 3.63) is 42.0 Å². The smallest absolute Gasteiger partial charge is 0.328 e. The SMILES string of the molecule is COC(=O)C(NC(=O)c1ccc2ccccc2c1O)C1(C)CCCCC1. The van der Waals surface area contributed by atoms with Crippen molar-refractivity contribution >= 4 is 22.6 Å². The molecule has 2 aromatic carbocycles. The molecule has 138 valence electrons. The third kappa shape index (κ3) is 3.39. The Morgan fingerprint density at radius 3 is 2.50 bits per heavy atom. The number of ether oxygens (including phenoxy) is 1. The van der Waals surface area contributed by atoms with Gasteiger partial charge in [-0.15, -0.1) is 0 Å². The van der Waals surface area contributed by atoms with Crippen LogP contribution in [0.1, 0.15) is 49.4 Å². The van der Waals surface area contributed by atoms with E-state index in [0.717, 1.165) is 37.5 Å². The minimum Gasteiger partial charge on any atom is -0.506 e. The van der Waals surface area contributed by atoms with Crippen LogP contribution in [0.4, 0.5) is 0 Å². The first-order valence-electron chi connectivity index (χ1n) is 9.06. The van der Waals surface area contributed by atoms with Crippen LogP contribution in [-0.4, -0.2) is 30.1 Å². The number of rotatable bonds is 4. The van der Waals surface area contributed by atoms with E-state index < -0.39 is 17.9 Å². The van der Waals surface area contributed by atoms with Crippen molar-refractivity contribution in [3.8, 4) is 5.75 Å². The average Bonchev–Trinajstić information content (AvgIpc) is 2.66. The van der Waals surface area contributed by atoms with Crippen molar-refractivity contribution < 1.29 is 19.4 Å². The minimum absolute atomic E-state index is 0.0713. The molecule has 2 aromatic rings. The standard InChI is InChI=1S/C21H25NO4/c1-21(12-6-3-7-13-21)18(20(25)26-2)22-19(24)16-11-10-14-8-4-5-9-15(14)17(16)23/h4-5,8-11,18,23H,3,6-7,12-13H2,1-2H3,(H,22,24). The summed E-state index contributed by atoms with van der Waals surface area (Å²) in [6.07, 6.45) is 4.92. The summed E-state index contributed by atoms with van der Waals surface area (Å²) in [6, 6.07) is 9.97. The number of hydrogen-bond acceptors (Lipinski definition) is 4. The molecule has 1 unspecified atom stereocenters. The van der Waals surface area contributed by atoms with Gasteiger partial charge in [0.25, 0.3) is 5.91 Å². The number of fused-ring (bicyclic) bond motifs is 1. The van der Waals surface area contributed by atoms with Gasteiger partial charge in [-0.2, -0.15) is 0 Å². The molecule has 1 saturated carbocycles. The lowest BCUT2D eigenvalue weighted by atomic mass is 9.70. The Morgan fingerprint density at radius 1 is 1.12 bits per heavy atom. The van der Waals surface area contributed by atoms with Gasteiger partial charge in [0.2, 0.25) is 0 Å². The van der Waals surface area contributed by atoms with Crippen LogP contribution in [0.5, 0.6) is 5.75 Å². The van der Waals surface area contributed by atoms with E-state index in [9.17, 15) is 14.7 Å². The van der Waals surface area contributed by atoms with Crippen LogP contribution in [-0.2, 0) is 9.53 Å². The van der Waals surface area contributed by atoms with Crippen molar-refractivity contribution in [3.63, 3.8) is 0 Å². The van der Waals surface area contributed by atoms with Crippen molar-refractivity contribution in [2.45, 2.75) is 45.1 Å². The topological polar surface area (TPSA) is 75.6 Å². The summed E-state index contributed by atoms with van der Waals surface area (Å²) >= 11 is 0. The highest BCUT2D eigenvalue weighted by Gasteiger charge is 2.42. The molecule has 1 aliphatic rings. The first-order chi connectivity index (χ1) is 12.5. The predicted octanol–water partition coefficient (Wildman–Crippen LogP) is 3.79. The number of carbonyl (C=O) groups is 2. The lowest BCUT2D eigenvalue weighted by Gasteiger charge is -2.39. The molecule has 5 nitrogen and oxygen atoms in total. The molecule has 0 bridgehead atoms. The van der Waals surface area contributed by atoms with Crippen molar-refractivity contribution in [1.82, 2.24) is 5.32 Å². The summed E-state index contributed by atoms with van der Waals surface area (Å²) < 4.78 is 4.95. The fourth-order valence-electron chi connectivity index (χ4n) is 3.93. The summed E-state index contributed by atoms with van der Waals surface area (Å²) in [6.45, 7) is 2.02. The summed E-state index contributed by atoms with van der Waals surface area (Å²) in [4.78, 5) is 25.2. The highest BCUT2D eigenvalue weighted by molar-refractivity contribution is 6.04. The number of benzene rings is 2. The number of phenols is 1. The van der Waals surface area contributed by atoms with E-state index in [0.29, 0.717) is 5.39 Å². The lowest BCUT2D eigenvalue weighted by molar-refractivity contribution is -0.147. The van der Waals surface area contributed by atoms with E-state index in [-0.39, 0.29) is 16.7 Å². The van der Waals surface area contributed by atoms with Crippen LogP contribution in [0.25, 0.3) is 10.8 Å². The Kier molecular flexibility index (Phi) is 5.16. The first-order valence-corrected chi connectivity index (χ1v) is 9.06. The Morgan fingerprint density at radius 2 is 1.81 bits per heavy atom. The molecule has 1 amide bonds. The minimum atomic E-state index is -0.730. The zero-order valence-electron chi connectivity index (χ0n) is 15.2. The number of amides is 1. The Hall–Kier alpha value is -2.56. The van der Waals surface area contributed by atoms with E-state index in [2.05, 4.69) is 5.32 Å². The Labute approximate surface area is 153 Å². The summed E-state index contributed by atoms with van der Waals surface area (Å²) in [5.74, 6) is -0.975. The number of methoxy groups -OCH3 is 1. The lowest BCUT2D eigenvalue weighted by Crippen LogP contribution is -2.52. The van der Waals surface area contributed by atoms with Gasteiger partial charge in [-0.05, 0) is 29.7 Å². The molecule has 0 radical (unpaired) electrons. The van der Waals surface area contributed by atoms with Gasteiger partial charge in [-0.3, -0.25) is 4.79 Å². The van der Waals surface area contributed by atoms with Gasteiger partial charge in [0.15, 0.2) is 0 Å². The summed E-state index contributed by atoms with van der Waals surface area (Å²) in [5, 5.41) is 14.8. The van der Waals surface area contributed by atoms with Crippen LogP contribution < -0.4 is 5.32 Å². The number of carbonyl (C=O) groups excluding carboxylic acids is 2. The Balaban J connectivity index is 1.90. The van der Waals surface area contributed by atoms with Crippen LogP contribution in [0.2, 0.25) is 0 Å². The number of phenolic OH excluding ortho intramolecular Hbond substituents is 1.